The van der Waals surface area contributed by atoms with Gasteiger partial charge < -0.3 is 15.1 Å². The Labute approximate surface area is 178 Å². The summed E-state index contributed by atoms with van der Waals surface area (Å²) >= 11 is 0. The van der Waals surface area contributed by atoms with E-state index in [1.807, 2.05) is 68.9 Å². The third-order valence-corrected chi connectivity index (χ3v) is 5.40. The van der Waals surface area contributed by atoms with Crippen molar-refractivity contribution >= 4 is 17.8 Å². The first-order chi connectivity index (χ1) is 14.3. The van der Waals surface area contributed by atoms with Gasteiger partial charge in [0.2, 0.25) is 11.9 Å². The molecule has 1 atom stereocenters. The molecule has 30 heavy (non-hydrogen) atoms. The Morgan fingerprint density at radius 3 is 2.67 bits per heavy atom. The molecule has 0 radical (unpaired) electrons. The average molecular weight is 410 g/mol. The highest BCUT2D eigenvalue weighted by molar-refractivity contribution is 5.95. The van der Waals surface area contributed by atoms with E-state index < -0.39 is 0 Å². The van der Waals surface area contributed by atoms with Crippen LogP contribution in [0.3, 0.4) is 0 Å². The van der Waals surface area contributed by atoms with E-state index in [9.17, 15) is 9.59 Å². The second kappa shape index (κ2) is 9.24. The molecule has 160 valence electrons. The van der Waals surface area contributed by atoms with E-state index in [2.05, 4.69) is 10.3 Å². The van der Waals surface area contributed by atoms with Crippen LogP contribution in [0.2, 0.25) is 0 Å². The molecular weight excluding hydrogens is 378 g/mol. The molecule has 0 saturated carbocycles. The smallest absolute Gasteiger partial charge is 0.254 e. The number of hydrogen-bond donors (Lipinski definition) is 1. The number of aryl methyl sites for hydroxylation is 1. The zero-order valence-corrected chi connectivity index (χ0v) is 18.5. The largest absolute Gasteiger partial charge is 0.350 e. The van der Waals surface area contributed by atoms with E-state index in [0.717, 1.165) is 23.2 Å². The maximum atomic E-state index is 12.9. The number of likely N-dealkylation sites (tertiary alicyclic amines) is 1. The minimum absolute atomic E-state index is 0.0143. The van der Waals surface area contributed by atoms with Gasteiger partial charge in [0, 0.05) is 45.3 Å². The molecule has 1 saturated heterocycles. The third-order valence-electron chi connectivity index (χ3n) is 5.40. The lowest BCUT2D eigenvalue weighted by molar-refractivity contribution is -0.129. The summed E-state index contributed by atoms with van der Waals surface area (Å²) < 4.78 is 0. The van der Waals surface area contributed by atoms with Crippen LogP contribution in [0, 0.1) is 6.92 Å². The fraction of sp³-hybridized carbons (Fsp3) is 0.478. The molecule has 1 N–H and O–H groups in total. The summed E-state index contributed by atoms with van der Waals surface area (Å²) in [6.45, 7) is 7.11. The van der Waals surface area contributed by atoms with E-state index in [4.69, 9.17) is 4.98 Å². The van der Waals surface area contributed by atoms with Crippen LogP contribution in [-0.4, -0.2) is 59.9 Å². The fourth-order valence-corrected chi connectivity index (χ4v) is 3.72. The van der Waals surface area contributed by atoms with Crippen molar-refractivity contribution in [2.75, 3.05) is 32.1 Å². The van der Waals surface area contributed by atoms with Gasteiger partial charge in [-0.25, -0.2) is 9.97 Å². The molecule has 2 aromatic rings. The normalized spacial score (nSPS) is 16.1. The quantitative estimate of drug-likeness (QED) is 0.793. The van der Waals surface area contributed by atoms with Gasteiger partial charge in [0.05, 0.1) is 17.7 Å². The van der Waals surface area contributed by atoms with Gasteiger partial charge in [-0.3, -0.25) is 9.59 Å². The topological polar surface area (TPSA) is 78.4 Å². The first-order valence-electron chi connectivity index (χ1n) is 10.4. The van der Waals surface area contributed by atoms with Crippen LogP contribution in [0.1, 0.15) is 53.4 Å². The molecule has 3 rings (SSSR count). The predicted molar refractivity (Wildman–Crippen MR) is 118 cm³/mol. The van der Waals surface area contributed by atoms with E-state index in [1.165, 1.54) is 0 Å². The number of benzene rings is 1. The zero-order valence-electron chi connectivity index (χ0n) is 18.5. The van der Waals surface area contributed by atoms with Gasteiger partial charge in [-0.1, -0.05) is 24.3 Å². The molecule has 1 aromatic heterocycles. The summed E-state index contributed by atoms with van der Waals surface area (Å²) in [5, 5.41) is 2.93. The Bertz CT molecular complexity index is 926. The van der Waals surface area contributed by atoms with E-state index >= 15 is 0 Å². The lowest BCUT2D eigenvalue weighted by Crippen LogP contribution is -2.33. The molecule has 7 heteroatoms. The Morgan fingerprint density at radius 2 is 2.00 bits per heavy atom. The van der Waals surface area contributed by atoms with Gasteiger partial charge in [-0.15, -0.1) is 0 Å². The first kappa shape index (κ1) is 21.7. The van der Waals surface area contributed by atoms with E-state index in [0.29, 0.717) is 31.0 Å². The Hall–Kier alpha value is -2.96. The molecule has 2 heterocycles. The Kier molecular flexibility index (Phi) is 6.70. The summed E-state index contributed by atoms with van der Waals surface area (Å²) in [5.41, 5.74) is 3.39. The standard InChI is InChI=1S/C23H31N5O2/c1-15(2)25-22(30)19-13-24-23(27(4)5)26-21(19)18-10-11-28(14-18)20(29)12-17-9-7-6-8-16(17)3/h6-9,13,15,18H,10-12,14H2,1-5H3,(H,25,30). The number of nitrogens with one attached hydrogen (secondary N) is 1. The van der Waals surface area contributed by atoms with Crippen LogP contribution < -0.4 is 10.2 Å². The van der Waals surface area contributed by atoms with Crippen molar-refractivity contribution < 1.29 is 9.59 Å². The number of amides is 2. The highest BCUT2D eigenvalue weighted by Gasteiger charge is 2.32. The molecule has 0 spiro atoms. The number of aromatic nitrogens is 2. The number of carbonyl (C=O) groups excluding carboxylic acids is 2. The molecule has 7 nitrogen and oxygen atoms in total. The SMILES string of the molecule is Cc1ccccc1CC(=O)N1CCC(c2nc(N(C)C)ncc2C(=O)NC(C)C)C1. The zero-order chi connectivity index (χ0) is 21.8. The lowest BCUT2D eigenvalue weighted by Gasteiger charge is -2.20. The summed E-state index contributed by atoms with van der Waals surface area (Å²) in [5.74, 6) is 0.521. The number of hydrogen-bond acceptors (Lipinski definition) is 5. The van der Waals surface area contributed by atoms with Crippen molar-refractivity contribution in [3.63, 3.8) is 0 Å². The van der Waals surface area contributed by atoms with Crippen LogP contribution >= 0.6 is 0 Å². The minimum atomic E-state index is -0.171. The molecule has 0 aliphatic carbocycles. The van der Waals surface area contributed by atoms with Crippen molar-refractivity contribution in [2.24, 2.45) is 0 Å². The van der Waals surface area contributed by atoms with Crippen molar-refractivity contribution in [3.05, 3.63) is 52.8 Å². The van der Waals surface area contributed by atoms with Crippen LogP contribution in [0.4, 0.5) is 5.95 Å². The molecule has 2 amide bonds. The van der Waals surface area contributed by atoms with Crippen LogP contribution in [-0.2, 0) is 11.2 Å². The van der Waals surface area contributed by atoms with Crippen molar-refractivity contribution in [2.45, 2.75) is 45.6 Å². The second-order valence-electron chi connectivity index (χ2n) is 8.42. The molecule has 1 unspecified atom stereocenters. The average Bonchev–Trinajstić information content (AvgIpc) is 3.19. The Morgan fingerprint density at radius 1 is 1.27 bits per heavy atom. The second-order valence-corrected chi connectivity index (χ2v) is 8.42. The summed E-state index contributed by atoms with van der Waals surface area (Å²) in [6, 6.07) is 8.00. The number of rotatable bonds is 6. The third kappa shape index (κ3) is 4.96. The van der Waals surface area contributed by atoms with E-state index in [-0.39, 0.29) is 23.8 Å². The maximum Gasteiger partial charge on any atom is 0.254 e. The van der Waals surface area contributed by atoms with Gasteiger partial charge >= 0.3 is 0 Å². The number of nitrogens with zero attached hydrogens (tertiary/aromatic N) is 4. The number of carbonyl (C=O) groups is 2. The summed E-state index contributed by atoms with van der Waals surface area (Å²) in [6.07, 6.45) is 2.78. The molecular formula is C23H31N5O2. The Balaban J connectivity index is 1.80. The summed E-state index contributed by atoms with van der Waals surface area (Å²) in [4.78, 5) is 38.3. The van der Waals surface area contributed by atoms with Crippen LogP contribution in [0.15, 0.2) is 30.5 Å². The predicted octanol–water partition coefficient (Wildman–Crippen LogP) is 2.55. The molecule has 1 aromatic carbocycles. The van der Waals surface area contributed by atoms with Gasteiger partial charge in [0.25, 0.3) is 5.91 Å². The molecule has 1 aliphatic heterocycles. The highest BCUT2D eigenvalue weighted by Crippen LogP contribution is 2.29. The van der Waals surface area contributed by atoms with Gasteiger partial charge in [0.1, 0.15) is 0 Å². The van der Waals surface area contributed by atoms with Gasteiger partial charge in [0.15, 0.2) is 0 Å². The highest BCUT2D eigenvalue weighted by atomic mass is 16.2. The molecule has 0 bridgehead atoms. The maximum absolute atomic E-state index is 12.9. The van der Waals surface area contributed by atoms with E-state index in [1.54, 1.807) is 6.20 Å². The van der Waals surface area contributed by atoms with Gasteiger partial charge in [-0.2, -0.15) is 0 Å². The van der Waals surface area contributed by atoms with Crippen LogP contribution in [0.5, 0.6) is 0 Å². The summed E-state index contributed by atoms with van der Waals surface area (Å²) in [7, 11) is 3.75. The number of anilines is 1. The lowest BCUT2D eigenvalue weighted by atomic mass is 9.99. The van der Waals surface area contributed by atoms with Crippen molar-refractivity contribution in [1.29, 1.82) is 0 Å². The van der Waals surface area contributed by atoms with Crippen molar-refractivity contribution in [3.8, 4) is 0 Å². The monoisotopic (exact) mass is 409 g/mol. The van der Waals surface area contributed by atoms with Gasteiger partial charge in [-0.05, 0) is 38.3 Å². The van der Waals surface area contributed by atoms with Crippen molar-refractivity contribution in [1.82, 2.24) is 20.2 Å². The fourth-order valence-electron chi connectivity index (χ4n) is 3.72. The molecule has 1 aliphatic rings. The molecule has 1 fully saturated rings. The first-order valence-corrected chi connectivity index (χ1v) is 10.4. The van der Waals surface area contributed by atoms with Crippen LogP contribution in [0.25, 0.3) is 0 Å². The minimum Gasteiger partial charge on any atom is -0.350 e.